The number of amides is 1. The molecule has 5 rings (SSSR count). The van der Waals surface area contributed by atoms with Gasteiger partial charge in [0.25, 0.3) is 0 Å². The summed E-state index contributed by atoms with van der Waals surface area (Å²) in [6.45, 7) is 8.94. The number of hydrogen-bond acceptors (Lipinski definition) is 6. The normalized spacial score (nSPS) is 25.6. The summed E-state index contributed by atoms with van der Waals surface area (Å²) in [5, 5.41) is 9.14. The minimum Gasteiger partial charge on any atom is -0.480 e. The van der Waals surface area contributed by atoms with Gasteiger partial charge in [-0.05, 0) is 75.6 Å². The van der Waals surface area contributed by atoms with Crippen molar-refractivity contribution in [3.8, 4) is 0 Å². The third-order valence-electron chi connectivity index (χ3n) is 9.07. The van der Waals surface area contributed by atoms with Crippen LogP contribution in [0.25, 0.3) is 0 Å². The summed E-state index contributed by atoms with van der Waals surface area (Å²) in [5.74, 6) is -0.353. The van der Waals surface area contributed by atoms with E-state index in [-0.39, 0.29) is 36.1 Å². The average molecular weight is 553 g/mol. The maximum atomic E-state index is 13.7. The molecule has 0 saturated carbocycles. The Morgan fingerprint density at radius 3 is 2.31 bits per heavy atom. The van der Waals surface area contributed by atoms with Crippen LogP contribution in [0.3, 0.4) is 0 Å². The van der Waals surface area contributed by atoms with E-state index in [1.807, 2.05) is 18.7 Å². The van der Waals surface area contributed by atoms with E-state index in [1.165, 1.54) is 12.1 Å². The Labute approximate surface area is 227 Å². The second-order valence-corrected chi connectivity index (χ2v) is 12.0. The highest BCUT2D eigenvalue weighted by molar-refractivity contribution is 5.69. The van der Waals surface area contributed by atoms with Crippen molar-refractivity contribution in [2.75, 3.05) is 57.3 Å². The zero-order valence-corrected chi connectivity index (χ0v) is 22.8. The average Bonchev–Trinajstić information content (AvgIpc) is 3.52. The Balaban J connectivity index is 1.32. The molecule has 2 unspecified atom stereocenters. The van der Waals surface area contributed by atoms with Crippen molar-refractivity contribution < 1.29 is 32.6 Å². The zero-order chi connectivity index (χ0) is 27.9. The number of fused-ring (bicyclic) bond motifs is 1. The Kier molecular flexibility index (Phi) is 7.76. The van der Waals surface area contributed by atoms with Crippen molar-refractivity contribution in [3.63, 3.8) is 0 Å². The summed E-state index contributed by atoms with van der Waals surface area (Å²) >= 11 is 0. The van der Waals surface area contributed by atoms with Crippen molar-refractivity contribution in [2.24, 2.45) is 11.8 Å². The van der Waals surface area contributed by atoms with Crippen LogP contribution in [0, 0.1) is 11.8 Å². The number of carboxylic acid groups (broad SMARTS) is 1. The fraction of sp³-hybridized carbons (Fsp3) is 0.714. The molecule has 2 atom stereocenters. The number of halogens is 3. The van der Waals surface area contributed by atoms with E-state index in [2.05, 4.69) is 9.80 Å². The molecular weight excluding hydrogens is 513 g/mol. The summed E-state index contributed by atoms with van der Waals surface area (Å²) < 4.78 is 46.6. The van der Waals surface area contributed by atoms with Gasteiger partial charge in [0.2, 0.25) is 0 Å². The molecule has 1 aromatic carbocycles. The lowest BCUT2D eigenvalue weighted by atomic mass is 9.84. The third kappa shape index (κ3) is 5.99. The van der Waals surface area contributed by atoms with Gasteiger partial charge in [0.1, 0.15) is 0 Å². The van der Waals surface area contributed by atoms with E-state index >= 15 is 0 Å². The van der Waals surface area contributed by atoms with Crippen LogP contribution in [0.5, 0.6) is 0 Å². The van der Waals surface area contributed by atoms with Crippen molar-refractivity contribution in [3.05, 3.63) is 29.3 Å². The van der Waals surface area contributed by atoms with Crippen molar-refractivity contribution in [1.82, 2.24) is 14.7 Å². The highest BCUT2D eigenvalue weighted by Gasteiger charge is 2.45. The van der Waals surface area contributed by atoms with Gasteiger partial charge in [-0.25, -0.2) is 4.79 Å². The van der Waals surface area contributed by atoms with Gasteiger partial charge in [0.05, 0.1) is 18.2 Å². The quantitative estimate of drug-likeness (QED) is 0.569. The molecule has 1 spiro atoms. The number of anilines is 1. The van der Waals surface area contributed by atoms with E-state index in [1.54, 1.807) is 11.0 Å². The van der Waals surface area contributed by atoms with Gasteiger partial charge >= 0.3 is 18.2 Å². The molecule has 0 aliphatic carbocycles. The lowest BCUT2D eigenvalue weighted by Gasteiger charge is -2.45. The number of alkyl halides is 3. The van der Waals surface area contributed by atoms with E-state index in [0.717, 1.165) is 37.8 Å². The Bertz CT molecular complexity index is 1060. The smallest absolute Gasteiger partial charge is 0.416 e. The van der Waals surface area contributed by atoms with Gasteiger partial charge in [0.15, 0.2) is 0 Å². The largest absolute Gasteiger partial charge is 0.480 e. The van der Waals surface area contributed by atoms with E-state index in [0.29, 0.717) is 51.5 Å². The molecule has 0 aromatic heterocycles. The van der Waals surface area contributed by atoms with Crippen molar-refractivity contribution in [2.45, 2.75) is 63.9 Å². The highest BCUT2D eigenvalue weighted by atomic mass is 19.4. The second-order valence-electron chi connectivity index (χ2n) is 12.0. The van der Waals surface area contributed by atoms with Gasteiger partial charge in [0, 0.05) is 57.0 Å². The lowest BCUT2D eigenvalue weighted by molar-refractivity contribution is -0.138. The van der Waals surface area contributed by atoms with Gasteiger partial charge in [-0.1, -0.05) is 6.07 Å². The lowest BCUT2D eigenvalue weighted by Crippen LogP contribution is -2.53. The fourth-order valence-corrected chi connectivity index (χ4v) is 7.17. The molecule has 11 heteroatoms. The predicted octanol–water partition coefficient (Wildman–Crippen LogP) is 4.13. The zero-order valence-electron chi connectivity index (χ0n) is 22.8. The molecule has 1 aromatic rings. The molecule has 4 aliphatic rings. The van der Waals surface area contributed by atoms with Gasteiger partial charge < -0.3 is 19.6 Å². The number of benzene rings is 1. The molecule has 1 amide bonds. The second kappa shape index (κ2) is 10.8. The topological polar surface area (TPSA) is 76.6 Å². The molecule has 1 N–H and O–H groups in total. The number of carbonyl (C=O) groups is 2. The summed E-state index contributed by atoms with van der Waals surface area (Å²) in [7, 11) is 0. The molecule has 39 heavy (non-hydrogen) atoms. The molecule has 4 saturated heterocycles. The van der Waals surface area contributed by atoms with Crippen LogP contribution in [0.15, 0.2) is 18.2 Å². The third-order valence-corrected chi connectivity index (χ3v) is 9.07. The number of rotatable bonds is 6. The van der Waals surface area contributed by atoms with Crippen molar-refractivity contribution in [1.29, 1.82) is 0 Å². The summed E-state index contributed by atoms with van der Waals surface area (Å²) in [4.78, 5) is 31.7. The van der Waals surface area contributed by atoms with Crippen LogP contribution in [0.2, 0.25) is 0 Å². The maximum absolute atomic E-state index is 13.7. The number of piperidine rings is 1. The van der Waals surface area contributed by atoms with Crippen molar-refractivity contribution >= 4 is 17.7 Å². The standard InChI is InChI=1S/C28H39F3N4O4/c1-19(2)39-26(38)33-10-7-27(8-11-33)6-3-9-35(27)17-20-4-5-23(28(29,30)31)12-24(20)34-15-21-13-32(18-25(36)37)14-22(21)16-34/h4-5,12,19,21-22H,3,6-11,13-18H2,1-2H3,(H,36,37). The Morgan fingerprint density at radius 2 is 1.72 bits per heavy atom. The molecule has 0 bridgehead atoms. The number of carboxylic acids is 1. The van der Waals surface area contributed by atoms with Gasteiger partial charge in [-0.3, -0.25) is 14.6 Å². The van der Waals surface area contributed by atoms with Crippen LogP contribution in [-0.4, -0.2) is 95.9 Å². The van der Waals surface area contributed by atoms with Gasteiger partial charge in [-0.15, -0.1) is 0 Å². The predicted molar refractivity (Wildman–Crippen MR) is 140 cm³/mol. The molecular formula is C28H39F3N4O4. The minimum absolute atomic E-state index is 0.00543. The fourth-order valence-electron chi connectivity index (χ4n) is 7.17. The van der Waals surface area contributed by atoms with Crippen LogP contribution in [-0.2, 0) is 22.3 Å². The number of nitrogens with zero attached hydrogens (tertiary/aromatic N) is 4. The number of carbonyl (C=O) groups excluding carboxylic acids is 1. The SMILES string of the molecule is CC(C)OC(=O)N1CCC2(CCCN2Cc2ccc(C(F)(F)F)cc2N2CC3CN(CC(=O)O)CC3C2)CC1. The summed E-state index contributed by atoms with van der Waals surface area (Å²) in [6, 6.07) is 4.14. The first-order valence-corrected chi connectivity index (χ1v) is 14.0. The van der Waals surface area contributed by atoms with Crippen LogP contribution in [0.4, 0.5) is 23.7 Å². The number of aliphatic carboxylic acids is 1. The Hall–Kier alpha value is -2.53. The van der Waals surface area contributed by atoms with E-state index < -0.39 is 17.7 Å². The van der Waals surface area contributed by atoms with Crippen LogP contribution < -0.4 is 4.90 Å². The molecule has 4 fully saturated rings. The van der Waals surface area contributed by atoms with Crippen LogP contribution in [0.1, 0.15) is 50.7 Å². The first kappa shape index (κ1) is 28.0. The summed E-state index contributed by atoms with van der Waals surface area (Å²) in [5.41, 5.74) is 0.837. The van der Waals surface area contributed by atoms with E-state index in [4.69, 9.17) is 9.84 Å². The summed E-state index contributed by atoms with van der Waals surface area (Å²) in [6.07, 6.45) is -1.18. The number of hydrogen-bond donors (Lipinski definition) is 1. The first-order chi connectivity index (χ1) is 18.4. The molecule has 0 radical (unpaired) electrons. The van der Waals surface area contributed by atoms with Gasteiger partial charge in [-0.2, -0.15) is 13.2 Å². The molecule has 216 valence electrons. The molecule has 8 nitrogen and oxygen atoms in total. The Morgan fingerprint density at radius 1 is 1.05 bits per heavy atom. The molecule has 4 heterocycles. The maximum Gasteiger partial charge on any atom is 0.416 e. The van der Waals surface area contributed by atoms with E-state index in [9.17, 15) is 22.8 Å². The number of likely N-dealkylation sites (tertiary alicyclic amines) is 3. The first-order valence-electron chi connectivity index (χ1n) is 14.0. The van der Waals surface area contributed by atoms with Crippen LogP contribution >= 0.6 is 0 Å². The monoisotopic (exact) mass is 552 g/mol. The highest BCUT2D eigenvalue weighted by Crippen LogP contribution is 2.43. The minimum atomic E-state index is -4.42. The number of ether oxygens (including phenoxy) is 1. The molecule has 4 aliphatic heterocycles.